The SMILES string of the molecule is COc1cc(N2CCC(N3CCOC(C)C3)CC2)c(-c2cnn(C)c2)cc1Nc1ncc(Br)c(Nc2ccc3nccnc3c2NS(C)(=O)=O)n1. The minimum atomic E-state index is -3.64. The van der Waals surface area contributed by atoms with Gasteiger partial charge in [0.05, 0.1) is 59.3 Å². The molecule has 3 N–H and O–H groups in total. The lowest BCUT2D eigenvalue weighted by Gasteiger charge is -2.42. The Kier molecular flexibility index (Phi) is 9.96. The Balaban J connectivity index is 1.18. The van der Waals surface area contributed by atoms with E-state index in [1.54, 1.807) is 36.3 Å². The Morgan fingerprint density at radius 2 is 1.82 bits per heavy atom. The van der Waals surface area contributed by atoms with Gasteiger partial charge in [0.25, 0.3) is 0 Å². The van der Waals surface area contributed by atoms with Crippen LogP contribution in [0.3, 0.4) is 0 Å². The Morgan fingerprint density at radius 3 is 2.55 bits per heavy atom. The third-order valence-corrected chi connectivity index (χ3v) is 10.3. The van der Waals surface area contributed by atoms with Gasteiger partial charge >= 0.3 is 0 Å². The average molecular weight is 779 g/mol. The molecule has 17 heteroatoms. The molecule has 0 bridgehead atoms. The quantitative estimate of drug-likeness (QED) is 0.171. The Labute approximate surface area is 305 Å². The van der Waals surface area contributed by atoms with Crippen LogP contribution in [0.2, 0.25) is 0 Å². The molecule has 51 heavy (non-hydrogen) atoms. The predicted octanol–water partition coefficient (Wildman–Crippen LogP) is 5.14. The Morgan fingerprint density at radius 1 is 1.02 bits per heavy atom. The van der Waals surface area contributed by atoms with E-state index in [1.165, 1.54) is 6.20 Å². The molecular weight excluding hydrogens is 738 g/mol. The molecule has 5 aromatic rings. The van der Waals surface area contributed by atoms with Crippen molar-refractivity contribution in [3.05, 3.63) is 59.7 Å². The standard InChI is InChI=1S/C34H40BrN11O4S/c1-21-19-46(13-14-50-21)23-7-11-45(12-8-23)29-16-30(49-3)28(15-24(29)22-17-39-44(2)20-22)41-34-38-18-25(35)33(42-34)40-27-6-5-26-31(37-10-9-36-26)32(27)43-51(4,47)48/h5-6,9-10,15-18,20-21,23,43H,7-8,11-14,19H2,1-4H3,(H2,38,40,41,42). The molecule has 7 rings (SSSR count). The number of sulfonamides is 1. The second-order valence-corrected chi connectivity index (χ2v) is 15.4. The molecule has 268 valence electrons. The van der Waals surface area contributed by atoms with E-state index in [-0.39, 0.29) is 11.8 Å². The van der Waals surface area contributed by atoms with Gasteiger partial charge in [0.2, 0.25) is 16.0 Å². The zero-order valence-electron chi connectivity index (χ0n) is 28.8. The summed E-state index contributed by atoms with van der Waals surface area (Å²) in [7, 11) is -0.0886. The summed E-state index contributed by atoms with van der Waals surface area (Å²) < 4.78 is 41.3. The second-order valence-electron chi connectivity index (χ2n) is 12.8. The van der Waals surface area contributed by atoms with Crippen molar-refractivity contribution in [3.63, 3.8) is 0 Å². The molecule has 0 spiro atoms. The third kappa shape index (κ3) is 7.85. The summed E-state index contributed by atoms with van der Waals surface area (Å²) in [6.45, 7) is 6.73. The summed E-state index contributed by atoms with van der Waals surface area (Å²) in [4.78, 5) is 23.0. The van der Waals surface area contributed by atoms with Gasteiger partial charge in [-0.1, -0.05) is 0 Å². The molecular formula is C34H40BrN11O4S. The van der Waals surface area contributed by atoms with Crippen LogP contribution in [0.4, 0.5) is 34.5 Å². The maximum Gasteiger partial charge on any atom is 0.229 e. The van der Waals surface area contributed by atoms with E-state index in [2.05, 4.69) is 80.2 Å². The van der Waals surface area contributed by atoms with Crippen molar-refractivity contribution in [1.82, 2.24) is 34.6 Å². The van der Waals surface area contributed by atoms with Crippen LogP contribution in [0.5, 0.6) is 5.75 Å². The van der Waals surface area contributed by atoms with Crippen molar-refractivity contribution in [2.24, 2.45) is 7.05 Å². The summed E-state index contributed by atoms with van der Waals surface area (Å²) in [5.41, 5.74) is 5.35. The second kappa shape index (κ2) is 14.6. The van der Waals surface area contributed by atoms with E-state index < -0.39 is 10.0 Å². The molecule has 0 radical (unpaired) electrons. The smallest absolute Gasteiger partial charge is 0.229 e. The fourth-order valence-corrected chi connectivity index (χ4v) is 7.60. The van der Waals surface area contributed by atoms with E-state index in [1.807, 2.05) is 19.4 Å². The summed E-state index contributed by atoms with van der Waals surface area (Å²) in [6.07, 6.45) is 12.0. The molecule has 1 atom stereocenters. The molecule has 2 saturated heterocycles. The molecule has 0 aliphatic carbocycles. The van der Waals surface area contributed by atoms with Crippen LogP contribution in [-0.2, 0) is 21.8 Å². The zero-order chi connectivity index (χ0) is 35.7. The molecule has 1 unspecified atom stereocenters. The first kappa shape index (κ1) is 34.9. The van der Waals surface area contributed by atoms with Gasteiger partial charge in [-0.25, -0.2) is 13.4 Å². The molecule has 2 aromatic carbocycles. The van der Waals surface area contributed by atoms with Crippen LogP contribution in [-0.4, -0.2) is 101 Å². The van der Waals surface area contributed by atoms with Crippen LogP contribution in [0.1, 0.15) is 19.8 Å². The number of hydrogen-bond acceptors (Lipinski definition) is 13. The average Bonchev–Trinajstić information content (AvgIpc) is 3.56. The van der Waals surface area contributed by atoms with E-state index in [0.29, 0.717) is 50.4 Å². The minimum absolute atomic E-state index is 0.255. The number of aryl methyl sites for hydroxylation is 1. The highest BCUT2D eigenvalue weighted by molar-refractivity contribution is 9.10. The number of morpholine rings is 1. The first-order chi connectivity index (χ1) is 24.5. The highest BCUT2D eigenvalue weighted by Crippen LogP contribution is 2.42. The Bertz CT molecular complexity index is 2160. The number of hydrogen-bond donors (Lipinski definition) is 3. The first-order valence-electron chi connectivity index (χ1n) is 16.6. The number of nitrogens with one attached hydrogen (secondary N) is 3. The number of ether oxygens (including phenoxy) is 2. The molecule has 5 heterocycles. The summed E-state index contributed by atoms with van der Waals surface area (Å²) in [5.74, 6) is 1.33. The van der Waals surface area contributed by atoms with E-state index in [0.717, 1.165) is 68.7 Å². The van der Waals surface area contributed by atoms with Gasteiger partial charge in [-0.2, -0.15) is 10.1 Å². The van der Waals surface area contributed by atoms with Crippen LogP contribution in [0.25, 0.3) is 22.2 Å². The lowest BCUT2D eigenvalue weighted by atomic mass is 9.98. The number of benzene rings is 2. The van der Waals surface area contributed by atoms with Crippen LogP contribution in [0.15, 0.2) is 59.7 Å². The molecule has 2 aliphatic rings. The number of anilines is 6. The van der Waals surface area contributed by atoms with Gasteiger partial charge < -0.3 is 25.0 Å². The third-order valence-electron chi connectivity index (χ3n) is 9.10. The lowest BCUT2D eigenvalue weighted by molar-refractivity contribution is -0.0373. The predicted molar refractivity (Wildman–Crippen MR) is 202 cm³/mol. The van der Waals surface area contributed by atoms with Gasteiger partial charge in [-0.3, -0.25) is 24.3 Å². The largest absolute Gasteiger partial charge is 0.494 e. The van der Waals surface area contributed by atoms with Crippen molar-refractivity contribution in [2.45, 2.75) is 31.9 Å². The van der Waals surface area contributed by atoms with Gasteiger partial charge in [0.1, 0.15) is 17.1 Å². The van der Waals surface area contributed by atoms with Gasteiger partial charge in [0.15, 0.2) is 0 Å². The highest BCUT2D eigenvalue weighted by Gasteiger charge is 2.29. The maximum atomic E-state index is 12.3. The molecule has 2 aliphatic heterocycles. The number of fused-ring (bicyclic) bond motifs is 1. The summed E-state index contributed by atoms with van der Waals surface area (Å²) in [5, 5.41) is 11.1. The lowest BCUT2D eigenvalue weighted by Crippen LogP contribution is -2.51. The maximum absolute atomic E-state index is 12.3. The summed E-state index contributed by atoms with van der Waals surface area (Å²) in [6, 6.07) is 8.13. The van der Waals surface area contributed by atoms with Crippen molar-refractivity contribution in [1.29, 1.82) is 0 Å². The Hall–Kier alpha value is -4.58. The normalized spacial score (nSPS) is 17.4. The number of rotatable bonds is 10. The molecule has 15 nitrogen and oxygen atoms in total. The number of piperidine rings is 1. The molecule has 0 saturated carbocycles. The summed E-state index contributed by atoms with van der Waals surface area (Å²) >= 11 is 3.54. The van der Waals surface area contributed by atoms with Crippen molar-refractivity contribution in [3.8, 4) is 16.9 Å². The van der Waals surface area contributed by atoms with Crippen molar-refractivity contribution in [2.75, 3.05) is 66.4 Å². The first-order valence-corrected chi connectivity index (χ1v) is 19.3. The fraction of sp³-hybridized carbons (Fsp3) is 0.382. The van der Waals surface area contributed by atoms with Gasteiger partial charge in [-0.05, 0) is 53.9 Å². The monoisotopic (exact) mass is 777 g/mol. The number of aromatic nitrogens is 6. The van der Waals surface area contributed by atoms with E-state index >= 15 is 0 Å². The molecule has 3 aromatic heterocycles. The molecule has 2 fully saturated rings. The van der Waals surface area contributed by atoms with Gasteiger partial charge in [-0.15, -0.1) is 0 Å². The fourth-order valence-electron chi connectivity index (χ4n) is 6.73. The highest BCUT2D eigenvalue weighted by atomic mass is 79.9. The van der Waals surface area contributed by atoms with E-state index in [9.17, 15) is 8.42 Å². The number of halogens is 1. The zero-order valence-corrected chi connectivity index (χ0v) is 31.2. The molecule has 0 amide bonds. The van der Waals surface area contributed by atoms with Crippen LogP contribution >= 0.6 is 15.9 Å². The van der Waals surface area contributed by atoms with Crippen molar-refractivity contribution >= 4 is 71.5 Å². The van der Waals surface area contributed by atoms with E-state index in [4.69, 9.17) is 14.5 Å². The number of methoxy groups -OCH3 is 1. The van der Waals surface area contributed by atoms with Crippen LogP contribution < -0.4 is 25.0 Å². The van der Waals surface area contributed by atoms with Gasteiger partial charge in [0, 0.05) is 86.9 Å². The number of nitrogens with zero attached hydrogens (tertiary/aromatic N) is 8. The minimum Gasteiger partial charge on any atom is -0.494 e. The topological polar surface area (TPSA) is 165 Å². The van der Waals surface area contributed by atoms with Crippen molar-refractivity contribution < 1.29 is 17.9 Å². The van der Waals surface area contributed by atoms with Crippen LogP contribution in [0, 0.1) is 0 Å².